The van der Waals surface area contributed by atoms with Crippen LogP contribution in [-0.4, -0.2) is 14.7 Å². The van der Waals surface area contributed by atoms with Crippen molar-refractivity contribution in [2.24, 2.45) is 0 Å². The summed E-state index contributed by atoms with van der Waals surface area (Å²) < 4.78 is 23.6. The summed E-state index contributed by atoms with van der Waals surface area (Å²) in [5.74, 6) is 0. The molecule has 0 aliphatic heterocycles. The first-order valence-corrected chi connectivity index (χ1v) is 8.56. The van der Waals surface area contributed by atoms with Crippen molar-refractivity contribution in [1.82, 2.24) is 0 Å². The van der Waals surface area contributed by atoms with Crippen LogP contribution in [0.5, 0.6) is 0 Å². The van der Waals surface area contributed by atoms with Crippen LogP contribution in [0.4, 0.5) is 17.1 Å². The number of anilines is 3. The number of rotatable bonds is 3. The lowest BCUT2D eigenvalue weighted by Gasteiger charge is -2.12. The molecule has 0 fully saturated rings. The highest BCUT2D eigenvalue weighted by molar-refractivity contribution is 9.10. The second-order valence-corrected chi connectivity index (χ2v) is 7.32. The summed E-state index contributed by atoms with van der Waals surface area (Å²) in [4.78, 5) is 0.171. The molecule has 0 amide bonds. The molecule has 0 saturated carbocycles. The third kappa shape index (κ3) is 3.54. The SMILES string of the molecule is CS(=O)(=O)c1ccc(Nc2ccc(C#N)cc2Br)c(N)c1. The second kappa shape index (κ2) is 5.76. The van der Waals surface area contributed by atoms with Crippen molar-refractivity contribution in [3.63, 3.8) is 0 Å². The summed E-state index contributed by atoms with van der Waals surface area (Å²) in [5, 5.41) is 11.9. The molecule has 0 aliphatic rings. The minimum absolute atomic E-state index is 0.171. The fourth-order valence-corrected chi connectivity index (χ4v) is 2.85. The van der Waals surface area contributed by atoms with Gasteiger partial charge in [-0.1, -0.05) is 0 Å². The normalized spacial score (nSPS) is 10.9. The molecule has 0 aliphatic carbocycles. The van der Waals surface area contributed by atoms with E-state index in [1.165, 1.54) is 12.1 Å². The fraction of sp³-hybridized carbons (Fsp3) is 0.0714. The smallest absolute Gasteiger partial charge is 0.175 e. The van der Waals surface area contributed by atoms with Gasteiger partial charge in [0.05, 0.1) is 33.6 Å². The van der Waals surface area contributed by atoms with Crippen molar-refractivity contribution >= 4 is 42.8 Å². The molecule has 0 unspecified atom stereocenters. The number of nitrogen functional groups attached to an aromatic ring is 1. The average molecular weight is 366 g/mol. The maximum atomic E-state index is 11.5. The molecule has 0 saturated heterocycles. The van der Waals surface area contributed by atoms with Crippen LogP contribution in [0.1, 0.15) is 5.56 Å². The van der Waals surface area contributed by atoms with E-state index in [-0.39, 0.29) is 4.90 Å². The zero-order valence-electron chi connectivity index (χ0n) is 11.1. The van der Waals surface area contributed by atoms with Gasteiger partial charge < -0.3 is 11.1 Å². The van der Waals surface area contributed by atoms with Crippen LogP contribution in [0, 0.1) is 11.3 Å². The van der Waals surface area contributed by atoms with Crippen LogP contribution in [0.3, 0.4) is 0 Å². The van der Waals surface area contributed by atoms with Gasteiger partial charge in [0.15, 0.2) is 9.84 Å². The van der Waals surface area contributed by atoms with Crippen LogP contribution < -0.4 is 11.1 Å². The monoisotopic (exact) mass is 365 g/mol. The molecule has 5 nitrogen and oxygen atoms in total. The van der Waals surface area contributed by atoms with Crippen molar-refractivity contribution in [3.8, 4) is 6.07 Å². The summed E-state index contributed by atoms with van der Waals surface area (Å²) >= 11 is 3.37. The van der Waals surface area contributed by atoms with Gasteiger partial charge in [0.25, 0.3) is 0 Å². The van der Waals surface area contributed by atoms with Crippen molar-refractivity contribution in [2.45, 2.75) is 4.90 Å². The van der Waals surface area contributed by atoms with Gasteiger partial charge in [0.1, 0.15) is 0 Å². The molecular weight excluding hydrogens is 354 g/mol. The van der Waals surface area contributed by atoms with Crippen LogP contribution in [-0.2, 0) is 9.84 Å². The Labute approximate surface area is 131 Å². The molecule has 108 valence electrons. The Kier molecular flexibility index (Phi) is 4.21. The number of halogens is 1. The van der Waals surface area contributed by atoms with Crippen LogP contribution in [0.15, 0.2) is 45.8 Å². The second-order valence-electron chi connectivity index (χ2n) is 4.45. The molecule has 0 bridgehead atoms. The number of hydrogen-bond acceptors (Lipinski definition) is 5. The Morgan fingerprint density at radius 1 is 1.19 bits per heavy atom. The number of nitriles is 1. The molecule has 2 aromatic rings. The predicted octanol–water partition coefficient (Wildman–Crippen LogP) is 3.05. The highest BCUT2D eigenvalue weighted by Gasteiger charge is 2.10. The molecule has 0 atom stereocenters. The summed E-state index contributed by atoms with van der Waals surface area (Å²) in [6, 6.07) is 11.7. The molecule has 2 aromatic carbocycles. The van der Waals surface area contributed by atoms with Gasteiger partial charge in [0, 0.05) is 10.7 Å². The van der Waals surface area contributed by atoms with E-state index >= 15 is 0 Å². The predicted molar refractivity (Wildman–Crippen MR) is 86.1 cm³/mol. The van der Waals surface area contributed by atoms with E-state index in [1.807, 2.05) is 6.07 Å². The first-order valence-electron chi connectivity index (χ1n) is 5.87. The van der Waals surface area contributed by atoms with E-state index in [4.69, 9.17) is 11.0 Å². The lowest BCUT2D eigenvalue weighted by Crippen LogP contribution is -2.01. The van der Waals surface area contributed by atoms with Gasteiger partial charge in [-0.25, -0.2) is 8.42 Å². The van der Waals surface area contributed by atoms with Crippen LogP contribution in [0.2, 0.25) is 0 Å². The van der Waals surface area contributed by atoms with Crippen molar-refractivity contribution < 1.29 is 8.42 Å². The van der Waals surface area contributed by atoms with Gasteiger partial charge in [-0.3, -0.25) is 0 Å². The maximum absolute atomic E-state index is 11.5. The zero-order valence-corrected chi connectivity index (χ0v) is 13.5. The van der Waals surface area contributed by atoms with Gasteiger partial charge in [0.2, 0.25) is 0 Å². The van der Waals surface area contributed by atoms with E-state index in [0.29, 0.717) is 21.4 Å². The number of hydrogen-bond donors (Lipinski definition) is 2. The molecule has 0 radical (unpaired) electrons. The van der Waals surface area contributed by atoms with Crippen molar-refractivity contribution in [3.05, 3.63) is 46.4 Å². The molecule has 21 heavy (non-hydrogen) atoms. The minimum Gasteiger partial charge on any atom is -0.397 e. The fourth-order valence-electron chi connectivity index (χ4n) is 1.72. The standard InChI is InChI=1S/C14H12BrN3O2S/c1-21(19,20)10-3-5-14(12(17)7-10)18-13-4-2-9(8-16)6-11(13)15/h2-7,18H,17H2,1H3. The topological polar surface area (TPSA) is 96.0 Å². The van der Waals surface area contributed by atoms with Gasteiger partial charge in [-0.05, 0) is 52.3 Å². The zero-order chi connectivity index (χ0) is 15.6. The Morgan fingerprint density at radius 3 is 2.38 bits per heavy atom. The van der Waals surface area contributed by atoms with E-state index in [9.17, 15) is 8.42 Å². The third-order valence-electron chi connectivity index (χ3n) is 2.82. The molecule has 0 aromatic heterocycles. The lowest BCUT2D eigenvalue weighted by molar-refractivity contribution is 0.602. The number of sulfone groups is 1. The molecule has 3 N–H and O–H groups in total. The van der Waals surface area contributed by atoms with Crippen molar-refractivity contribution in [1.29, 1.82) is 5.26 Å². The van der Waals surface area contributed by atoms with Crippen LogP contribution in [0.25, 0.3) is 0 Å². The lowest BCUT2D eigenvalue weighted by atomic mass is 10.2. The van der Waals surface area contributed by atoms with Gasteiger partial charge >= 0.3 is 0 Å². The third-order valence-corrected chi connectivity index (χ3v) is 4.59. The van der Waals surface area contributed by atoms with Gasteiger partial charge in [-0.2, -0.15) is 5.26 Å². The maximum Gasteiger partial charge on any atom is 0.175 e. The molecule has 0 heterocycles. The first-order chi connectivity index (χ1) is 9.81. The number of nitrogens with zero attached hydrogens (tertiary/aromatic N) is 1. The Morgan fingerprint density at radius 2 is 1.86 bits per heavy atom. The van der Waals surface area contributed by atoms with E-state index in [1.54, 1.807) is 24.3 Å². The van der Waals surface area contributed by atoms with Crippen molar-refractivity contribution in [2.75, 3.05) is 17.3 Å². The summed E-state index contributed by atoms with van der Waals surface area (Å²) in [5.41, 5.74) is 8.06. The molecular formula is C14H12BrN3O2S. The Hall–Kier alpha value is -2.04. The Balaban J connectivity index is 2.35. The summed E-state index contributed by atoms with van der Waals surface area (Å²) in [6.45, 7) is 0. The summed E-state index contributed by atoms with van der Waals surface area (Å²) in [6.07, 6.45) is 1.13. The highest BCUT2D eigenvalue weighted by atomic mass is 79.9. The molecule has 0 spiro atoms. The average Bonchev–Trinajstić information content (AvgIpc) is 2.41. The van der Waals surface area contributed by atoms with Gasteiger partial charge in [-0.15, -0.1) is 0 Å². The number of nitrogens with one attached hydrogen (secondary N) is 1. The van der Waals surface area contributed by atoms with Crippen LogP contribution >= 0.6 is 15.9 Å². The first kappa shape index (κ1) is 15.4. The minimum atomic E-state index is -3.29. The molecule has 2 rings (SSSR count). The molecule has 7 heteroatoms. The Bertz CT molecular complexity index is 842. The number of benzene rings is 2. The largest absolute Gasteiger partial charge is 0.397 e. The van der Waals surface area contributed by atoms with E-state index < -0.39 is 9.84 Å². The number of nitrogens with two attached hydrogens (primary N) is 1. The van der Waals surface area contributed by atoms with E-state index in [0.717, 1.165) is 11.9 Å². The van der Waals surface area contributed by atoms with E-state index in [2.05, 4.69) is 21.2 Å². The quantitative estimate of drug-likeness (QED) is 0.814. The highest BCUT2D eigenvalue weighted by Crippen LogP contribution is 2.30. The summed E-state index contributed by atoms with van der Waals surface area (Å²) in [7, 11) is -3.29.